The van der Waals surface area contributed by atoms with Crippen LogP contribution >= 0.6 is 0 Å². The zero-order valence-corrected chi connectivity index (χ0v) is 14.9. The largest absolute Gasteiger partial charge is 0.311 e. The molecule has 3 unspecified atom stereocenters. The van der Waals surface area contributed by atoms with Gasteiger partial charge >= 0.3 is 0 Å². The molecule has 1 N–H and O–H groups in total. The molecule has 3 atom stereocenters. The maximum Gasteiger partial charge on any atom is 0.0224 e. The summed E-state index contributed by atoms with van der Waals surface area (Å²) < 4.78 is 0. The smallest absolute Gasteiger partial charge is 0.0224 e. The molecule has 0 aromatic rings. The highest BCUT2D eigenvalue weighted by Gasteiger charge is 2.33. The van der Waals surface area contributed by atoms with E-state index in [9.17, 15) is 0 Å². The molecule has 1 aliphatic carbocycles. The van der Waals surface area contributed by atoms with Gasteiger partial charge in [0.1, 0.15) is 0 Å². The first-order chi connectivity index (χ1) is 10.1. The Balaban J connectivity index is 1.91. The Morgan fingerprint density at radius 1 is 1.05 bits per heavy atom. The van der Waals surface area contributed by atoms with E-state index in [2.05, 4.69) is 37.9 Å². The normalized spacial score (nSPS) is 30.7. The molecule has 2 rings (SSSR count). The van der Waals surface area contributed by atoms with Crippen LogP contribution in [-0.2, 0) is 0 Å². The van der Waals surface area contributed by atoms with E-state index < -0.39 is 0 Å². The van der Waals surface area contributed by atoms with Crippen LogP contribution in [0.3, 0.4) is 0 Å². The highest BCUT2D eigenvalue weighted by Crippen LogP contribution is 2.30. The summed E-state index contributed by atoms with van der Waals surface area (Å²) in [7, 11) is 0. The third kappa shape index (κ3) is 4.96. The molecule has 21 heavy (non-hydrogen) atoms. The summed E-state index contributed by atoms with van der Waals surface area (Å²) in [6.07, 6.45) is 11.3. The van der Waals surface area contributed by atoms with E-state index in [4.69, 9.17) is 0 Å². The molecule has 124 valence electrons. The quantitative estimate of drug-likeness (QED) is 0.779. The van der Waals surface area contributed by atoms with Crippen LogP contribution < -0.4 is 5.32 Å². The van der Waals surface area contributed by atoms with Gasteiger partial charge in [-0.1, -0.05) is 40.0 Å². The number of nitrogens with one attached hydrogen (secondary N) is 1. The molecular formula is C19H38N2. The van der Waals surface area contributed by atoms with Crippen molar-refractivity contribution < 1.29 is 0 Å². The van der Waals surface area contributed by atoms with E-state index in [0.29, 0.717) is 0 Å². The van der Waals surface area contributed by atoms with Crippen LogP contribution in [0.1, 0.15) is 79.1 Å². The molecule has 1 saturated carbocycles. The zero-order chi connectivity index (χ0) is 15.2. The lowest BCUT2D eigenvalue weighted by Crippen LogP contribution is -2.60. The molecule has 0 aromatic heterocycles. The minimum atomic E-state index is 0.755. The average molecular weight is 295 g/mol. The lowest BCUT2D eigenvalue weighted by atomic mass is 9.82. The van der Waals surface area contributed by atoms with Gasteiger partial charge in [-0.2, -0.15) is 0 Å². The van der Waals surface area contributed by atoms with Gasteiger partial charge in [0.25, 0.3) is 0 Å². The second kappa shape index (κ2) is 8.53. The topological polar surface area (TPSA) is 15.3 Å². The second-order valence-electron chi connectivity index (χ2n) is 7.99. The van der Waals surface area contributed by atoms with Crippen molar-refractivity contribution in [1.29, 1.82) is 0 Å². The summed E-state index contributed by atoms with van der Waals surface area (Å²) in [4.78, 5) is 2.85. The third-order valence-corrected chi connectivity index (χ3v) is 5.91. The molecule has 0 aromatic carbocycles. The number of rotatable bonds is 6. The Kier molecular flexibility index (Phi) is 7.01. The molecule has 1 aliphatic heterocycles. The van der Waals surface area contributed by atoms with Crippen molar-refractivity contribution in [3.63, 3.8) is 0 Å². The lowest BCUT2D eigenvalue weighted by molar-refractivity contribution is 0.0569. The highest BCUT2D eigenvalue weighted by atomic mass is 15.3. The molecule has 2 nitrogen and oxygen atoms in total. The molecule has 0 bridgehead atoms. The zero-order valence-electron chi connectivity index (χ0n) is 14.9. The van der Waals surface area contributed by atoms with Crippen LogP contribution in [0.25, 0.3) is 0 Å². The van der Waals surface area contributed by atoms with Gasteiger partial charge in [-0.25, -0.2) is 0 Å². The summed E-state index contributed by atoms with van der Waals surface area (Å²) >= 11 is 0. The summed E-state index contributed by atoms with van der Waals surface area (Å²) in [6.45, 7) is 12.0. The molecular weight excluding hydrogens is 256 g/mol. The number of hydrogen-bond acceptors (Lipinski definition) is 2. The van der Waals surface area contributed by atoms with Gasteiger partial charge in [-0.3, -0.25) is 4.90 Å². The molecule has 0 spiro atoms. The monoisotopic (exact) mass is 294 g/mol. The molecule has 0 amide bonds. The molecule has 0 radical (unpaired) electrons. The maximum absolute atomic E-state index is 3.90. The van der Waals surface area contributed by atoms with Crippen LogP contribution in [0, 0.1) is 11.8 Å². The standard InChI is InChI=1S/C19H38N2/c1-5-18-13-20-19(17-9-7-6-8-10-17)14-21(18)16(4)12-11-15(2)3/h15-20H,5-14H2,1-4H3. The summed E-state index contributed by atoms with van der Waals surface area (Å²) in [5, 5.41) is 3.90. The van der Waals surface area contributed by atoms with Gasteiger partial charge in [0, 0.05) is 31.2 Å². The first-order valence-corrected chi connectivity index (χ1v) is 9.61. The SMILES string of the molecule is CCC1CNC(C2CCCCC2)CN1C(C)CCC(C)C. The Morgan fingerprint density at radius 2 is 1.76 bits per heavy atom. The summed E-state index contributed by atoms with van der Waals surface area (Å²) in [6, 6.07) is 2.27. The second-order valence-corrected chi connectivity index (χ2v) is 7.99. The van der Waals surface area contributed by atoms with Crippen LogP contribution in [-0.4, -0.2) is 36.1 Å². The van der Waals surface area contributed by atoms with E-state index >= 15 is 0 Å². The summed E-state index contributed by atoms with van der Waals surface area (Å²) in [5.74, 6) is 1.78. The molecule has 2 fully saturated rings. The molecule has 2 heteroatoms. The van der Waals surface area contributed by atoms with Crippen LogP contribution in [0.4, 0.5) is 0 Å². The molecule has 2 aliphatic rings. The van der Waals surface area contributed by atoms with Crippen molar-refractivity contribution >= 4 is 0 Å². The van der Waals surface area contributed by atoms with Crippen molar-refractivity contribution in [1.82, 2.24) is 10.2 Å². The van der Waals surface area contributed by atoms with Crippen molar-refractivity contribution in [2.75, 3.05) is 13.1 Å². The van der Waals surface area contributed by atoms with Crippen LogP contribution in [0.15, 0.2) is 0 Å². The fraction of sp³-hybridized carbons (Fsp3) is 1.00. The van der Waals surface area contributed by atoms with Gasteiger partial charge in [-0.15, -0.1) is 0 Å². The Morgan fingerprint density at radius 3 is 2.38 bits per heavy atom. The van der Waals surface area contributed by atoms with Gasteiger partial charge in [0.15, 0.2) is 0 Å². The first kappa shape index (κ1) is 17.3. The van der Waals surface area contributed by atoms with E-state index in [1.54, 1.807) is 0 Å². The van der Waals surface area contributed by atoms with Crippen molar-refractivity contribution in [3.05, 3.63) is 0 Å². The Hall–Kier alpha value is -0.0800. The highest BCUT2D eigenvalue weighted by molar-refractivity contribution is 4.92. The van der Waals surface area contributed by atoms with Crippen LogP contribution in [0.2, 0.25) is 0 Å². The molecule has 1 saturated heterocycles. The average Bonchev–Trinajstić information content (AvgIpc) is 2.52. The predicted octanol–water partition coefficient (Wildman–Crippen LogP) is 4.44. The summed E-state index contributed by atoms with van der Waals surface area (Å²) in [5.41, 5.74) is 0. The Bertz CT molecular complexity index is 283. The van der Waals surface area contributed by atoms with E-state index in [1.165, 1.54) is 64.5 Å². The van der Waals surface area contributed by atoms with E-state index in [1.807, 2.05) is 0 Å². The van der Waals surface area contributed by atoms with Crippen molar-refractivity contribution in [3.8, 4) is 0 Å². The van der Waals surface area contributed by atoms with Gasteiger partial charge in [-0.05, 0) is 50.9 Å². The minimum absolute atomic E-state index is 0.755. The minimum Gasteiger partial charge on any atom is -0.311 e. The first-order valence-electron chi connectivity index (χ1n) is 9.61. The van der Waals surface area contributed by atoms with Gasteiger partial charge in [0.2, 0.25) is 0 Å². The predicted molar refractivity (Wildman–Crippen MR) is 92.7 cm³/mol. The fourth-order valence-electron chi connectivity index (χ4n) is 4.36. The number of piperazine rings is 1. The van der Waals surface area contributed by atoms with Gasteiger partial charge in [0.05, 0.1) is 0 Å². The number of hydrogen-bond donors (Lipinski definition) is 1. The van der Waals surface area contributed by atoms with E-state index in [0.717, 1.165) is 30.0 Å². The number of nitrogens with zero attached hydrogens (tertiary/aromatic N) is 1. The molecule has 1 heterocycles. The lowest BCUT2D eigenvalue weighted by Gasteiger charge is -2.46. The maximum atomic E-state index is 3.90. The van der Waals surface area contributed by atoms with Crippen molar-refractivity contribution in [2.45, 2.75) is 97.2 Å². The van der Waals surface area contributed by atoms with Crippen molar-refractivity contribution in [2.24, 2.45) is 11.8 Å². The Labute approximate surface area is 133 Å². The van der Waals surface area contributed by atoms with Crippen LogP contribution in [0.5, 0.6) is 0 Å². The third-order valence-electron chi connectivity index (χ3n) is 5.91. The van der Waals surface area contributed by atoms with E-state index in [-0.39, 0.29) is 0 Å². The fourth-order valence-corrected chi connectivity index (χ4v) is 4.36. The van der Waals surface area contributed by atoms with Gasteiger partial charge < -0.3 is 5.32 Å².